The summed E-state index contributed by atoms with van der Waals surface area (Å²) in [7, 11) is 0. The Bertz CT molecular complexity index is 176. The number of hydrogen-bond acceptors (Lipinski definition) is 2. The van der Waals surface area contributed by atoms with Crippen molar-refractivity contribution in [3.63, 3.8) is 0 Å². The SMILES string of the molecule is CSCCCNC(=O)C1CCCCCC1. The Labute approximate surface area is 97.6 Å². The van der Waals surface area contributed by atoms with Crippen molar-refractivity contribution in [3.05, 3.63) is 0 Å². The maximum atomic E-state index is 11.8. The molecule has 0 bridgehead atoms. The Morgan fingerprint density at radius 2 is 1.93 bits per heavy atom. The Balaban J connectivity index is 2.14. The highest BCUT2D eigenvalue weighted by molar-refractivity contribution is 7.98. The maximum absolute atomic E-state index is 11.8. The molecule has 1 saturated carbocycles. The molecule has 0 atom stereocenters. The van der Waals surface area contributed by atoms with Gasteiger partial charge in [-0.3, -0.25) is 4.79 Å². The first-order chi connectivity index (χ1) is 7.34. The highest BCUT2D eigenvalue weighted by Gasteiger charge is 2.19. The molecule has 1 aliphatic carbocycles. The average Bonchev–Trinajstić information content (AvgIpc) is 2.52. The van der Waals surface area contributed by atoms with E-state index in [0.29, 0.717) is 11.8 Å². The van der Waals surface area contributed by atoms with Gasteiger partial charge in [-0.1, -0.05) is 25.7 Å². The van der Waals surface area contributed by atoms with Gasteiger partial charge in [0.25, 0.3) is 0 Å². The second-order valence-corrected chi connectivity index (χ2v) is 5.31. The van der Waals surface area contributed by atoms with Crippen LogP contribution in [0.1, 0.15) is 44.9 Å². The van der Waals surface area contributed by atoms with Gasteiger partial charge in [-0.05, 0) is 31.3 Å². The van der Waals surface area contributed by atoms with E-state index in [9.17, 15) is 4.79 Å². The Hall–Kier alpha value is -0.180. The molecule has 3 heteroatoms. The van der Waals surface area contributed by atoms with Gasteiger partial charge in [-0.2, -0.15) is 11.8 Å². The summed E-state index contributed by atoms with van der Waals surface area (Å²) in [6, 6.07) is 0. The van der Waals surface area contributed by atoms with E-state index in [1.54, 1.807) is 0 Å². The number of nitrogens with one attached hydrogen (secondary N) is 1. The summed E-state index contributed by atoms with van der Waals surface area (Å²) in [6.45, 7) is 0.857. The molecule has 0 aromatic heterocycles. The standard InChI is InChI=1S/C12H23NOS/c1-15-10-6-9-13-12(14)11-7-4-2-3-5-8-11/h11H,2-10H2,1H3,(H,13,14). The van der Waals surface area contributed by atoms with E-state index in [2.05, 4.69) is 11.6 Å². The van der Waals surface area contributed by atoms with Crippen molar-refractivity contribution in [1.82, 2.24) is 5.32 Å². The molecule has 1 fully saturated rings. The molecule has 0 heterocycles. The van der Waals surface area contributed by atoms with E-state index in [4.69, 9.17) is 0 Å². The normalized spacial score (nSPS) is 18.5. The van der Waals surface area contributed by atoms with Gasteiger partial charge in [0, 0.05) is 12.5 Å². The number of carbonyl (C=O) groups is 1. The second kappa shape index (κ2) is 8.03. The molecule has 0 radical (unpaired) electrons. The van der Waals surface area contributed by atoms with E-state index < -0.39 is 0 Å². The van der Waals surface area contributed by atoms with Crippen LogP contribution in [0, 0.1) is 5.92 Å². The third-order valence-corrected chi connectivity index (χ3v) is 3.75. The molecule has 15 heavy (non-hydrogen) atoms. The molecule has 0 aliphatic heterocycles. The molecular weight excluding hydrogens is 206 g/mol. The lowest BCUT2D eigenvalue weighted by Gasteiger charge is -2.13. The molecule has 1 rings (SSSR count). The lowest BCUT2D eigenvalue weighted by Crippen LogP contribution is -2.31. The molecule has 1 N–H and O–H groups in total. The summed E-state index contributed by atoms with van der Waals surface area (Å²) in [5.74, 6) is 1.75. The van der Waals surface area contributed by atoms with Crippen molar-refractivity contribution in [3.8, 4) is 0 Å². The molecular formula is C12H23NOS. The zero-order chi connectivity index (χ0) is 10.9. The lowest BCUT2D eigenvalue weighted by atomic mass is 9.99. The van der Waals surface area contributed by atoms with Crippen LogP contribution in [0.15, 0.2) is 0 Å². The van der Waals surface area contributed by atoms with Crippen molar-refractivity contribution in [2.75, 3.05) is 18.6 Å². The number of amides is 1. The number of carbonyl (C=O) groups excluding carboxylic acids is 1. The molecule has 0 aromatic rings. The van der Waals surface area contributed by atoms with Gasteiger partial charge in [-0.15, -0.1) is 0 Å². The third kappa shape index (κ3) is 5.45. The minimum atomic E-state index is 0.304. The third-order valence-electron chi connectivity index (χ3n) is 3.05. The van der Waals surface area contributed by atoms with Crippen LogP contribution in [-0.4, -0.2) is 24.5 Å². The highest BCUT2D eigenvalue weighted by atomic mass is 32.2. The molecule has 0 spiro atoms. The topological polar surface area (TPSA) is 29.1 Å². The van der Waals surface area contributed by atoms with Crippen LogP contribution >= 0.6 is 11.8 Å². The zero-order valence-electron chi connectivity index (χ0n) is 9.76. The number of hydrogen-bond donors (Lipinski definition) is 1. The largest absolute Gasteiger partial charge is 0.356 e. The fourth-order valence-electron chi connectivity index (χ4n) is 2.11. The predicted octanol–water partition coefficient (Wildman–Crippen LogP) is 2.83. The smallest absolute Gasteiger partial charge is 0.223 e. The van der Waals surface area contributed by atoms with Gasteiger partial charge >= 0.3 is 0 Å². The first-order valence-electron chi connectivity index (χ1n) is 6.11. The Morgan fingerprint density at radius 3 is 2.53 bits per heavy atom. The molecule has 2 nitrogen and oxygen atoms in total. The summed E-state index contributed by atoms with van der Waals surface area (Å²) < 4.78 is 0. The van der Waals surface area contributed by atoms with Gasteiger partial charge in [-0.25, -0.2) is 0 Å². The summed E-state index contributed by atoms with van der Waals surface area (Å²) in [6.07, 6.45) is 10.5. The molecule has 0 unspecified atom stereocenters. The zero-order valence-corrected chi connectivity index (χ0v) is 10.6. The molecule has 1 aliphatic rings. The number of rotatable bonds is 5. The van der Waals surface area contributed by atoms with Crippen LogP contribution in [0.4, 0.5) is 0 Å². The second-order valence-electron chi connectivity index (χ2n) is 4.33. The molecule has 0 saturated heterocycles. The minimum Gasteiger partial charge on any atom is -0.356 e. The highest BCUT2D eigenvalue weighted by Crippen LogP contribution is 2.22. The fourth-order valence-corrected chi connectivity index (χ4v) is 2.55. The summed E-state index contributed by atoms with van der Waals surface area (Å²) in [5.41, 5.74) is 0. The molecule has 88 valence electrons. The van der Waals surface area contributed by atoms with Crippen molar-refractivity contribution >= 4 is 17.7 Å². The van der Waals surface area contributed by atoms with E-state index in [1.807, 2.05) is 11.8 Å². The van der Waals surface area contributed by atoms with Gasteiger partial charge in [0.15, 0.2) is 0 Å². The van der Waals surface area contributed by atoms with Crippen molar-refractivity contribution in [2.45, 2.75) is 44.9 Å². The first-order valence-corrected chi connectivity index (χ1v) is 7.50. The van der Waals surface area contributed by atoms with E-state index in [0.717, 1.165) is 31.6 Å². The van der Waals surface area contributed by atoms with E-state index >= 15 is 0 Å². The van der Waals surface area contributed by atoms with Crippen molar-refractivity contribution in [2.24, 2.45) is 5.92 Å². The predicted molar refractivity (Wildman–Crippen MR) is 67.2 cm³/mol. The van der Waals surface area contributed by atoms with Crippen LogP contribution in [-0.2, 0) is 4.79 Å². The number of thioether (sulfide) groups is 1. The lowest BCUT2D eigenvalue weighted by molar-refractivity contribution is -0.125. The summed E-state index contributed by atoms with van der Waals surface area (Å²) >= 11 is 1.84. The Morgan fingerprint density at radius 1 is 1.27 bits per heavy atom. The van der Waals surface area contributed by atoms with Crippen molar-refractivity contribution < 1.29 is 4.79 Å². The Kier molecular flexibility index (Phi) is 6.90. The minimum absolute atomic E-state index is 0.304. The molecule has 0 aromatic carbocycles. The summed E-state index contributed by atoms with van der Waals surface area (Å²) in [5, 5.41) is 3.06. The monoisotopic (exact) mass is 229 g/mol. The quantitative estimate of drug-likeness (QED) is 0.580. The van der Waals surface area contributed by atoms with Crippen LogP contribution in [0.25, 0.3) is 0 Å². The maximum Gasteiger partial charge on any atom is 0.223 e. The first kappa shape index (κ1) is 12.9. The summed E-state index contributed by atoms with van der Waals surface area (Å²) in [4.78, 5) is 11.8. The van der Waals surface area contributed by atoms with Crippen LogP contribution < -0.4 is 5.32 Å². The van der Waals surface area contributed by atoms with Crippen molar-refractivity contribution in [1.29, 1.82) is 0 Å². The van der Waals surface area contributed by atoms with Gasteiger partial charge in [0.2, 0.25) is 5.91 Å². The van der Waals surface area contributed by atoms with Gasteiger partial charge in [0.1, 0.15) is 0 Å². The average molecular weight is 229 g/mol. The van der Waals surface area contributed by atoms with Gasteiger partial charge in [0.05, 0.1) is 0 Å². The van der Waals surface area contributed by atoms with Crippen LogP contribution in [0.5, 0.6) is 0 Å². The van der Waals surface area contributed by atoms with E-state index in [1.165, 1.54) is 25.7 Å². The fraction of sp³-hybridized carbons (Fsp3) is 0.917. The van der Waals surface area contributed by atoms with Crippen LogP contribution in [0.2, 0.25) is 0 Å². The van der Waals surface area contributed by atoms with Crippen LogP contribution in [0.3, 0.4) is 0 Å². The van der Waals surface area contributed by atoms with E-state index in [-0.39, 0.29) is 0 Å². The van der Waals surface area contributed by atoms with Gasteiger partial charge < -0.3 is 5.32 Å². The molecule has 1 amide bonds.